The third kappa shape index (κ3) is 4.44. The van der Waals surface area contributed by atoms with Crippen LogP contribution >= 0.6 is 0 Å². The molecule has 0 bridgehead atoms. The van der Waals surface area contributed by atoms with E-state index in [-0.39, 0.29) is 6.03 Å². The average molecular weight is 276 g/mol. The predicted octanol–water partition coefficient (Wildman–Crippen LogP) is 2.90. The molecule has 4 heteroatoms. The number of carbonyl (C=O) groups is 1. The van der Waals surface area contributed by atoms with E-state index in [4.69, 9.17) is 4.74 Å². The summed E-state index contributed by atoms with van der Waals surface area (Å²) in [4.78, 5) is 13.9. The normalized spacial score (nSPS) is 18.6. The first-order chi connectivity index (χ1) is 9.79. The molecular weight excluding hydrogens is 252 g/mol. The van der Waals surface area contributed by atoms with Crippen molar-refractivity contribution in [3.63, 3.8) is 0 Å². The first-order valence-corrected chi connectivity index (χ1v) is 7.50. The Morgan fingerprint density at radius 1 is 1.40 bits per heavy atom. The maximum atomic E-state index is 12.0. The van der Waals surface area contributed by atoms with Gasteiger partial charge in [-0.25, -0.2) is 4.79 Å². The highest BCUT2D eigenvalue weighted by Gasteiger charge is 2.23. The van der Waals surface area contributed by atoms with E-state index in [0.717, 1.165) is 44.6 Å². The third-order valence-electron chi connectivity index (χ3n) is 3.56. The van der Waals surface area contributed by atoms with Gasteiger partial charge in [0.25, 0.3) is 0 Å². The van der Waals surface area contributed by atoms with E-state index >= 15 is 0 Å². The standard InChI is InChI=1S/C16H24N2O2/c1-2-10-17-16(19)18-11-6-7-14(12-18)13-20-15-8-4-3-5-9-15/h3-5,8-9,14H,2,6-7,10-13H2,1H3,(H,17,19). The Balaban J connectivity index is 1.77. The largest absolute Gasteiger partial charge is 0.493 e. The summed E-state index contributed by atoms with van der Waals surface area (Å²) >= 11 is 0. The molecule has 2 rings (SSSR count). The monoisotopic (exact) mass is 276 g/mol. The quantitative estimate of drug-likeness (QED) is 0.898. The van der Waals surface area contributed by atoms with Crippen molar-refractivity contribution in [3.05, 3.63) is 30.3 Å². The fourth-order valence-corrected chi connectivity index (χ4v) is 2.46. The molecule has 1 N–H and O–H groups in total. The number of nitrogens with zero attached hydrogens (tertiary/aromatic N) is 1. The van der Waals surface area contributed by atoms with Crippen LogP contribution in [0.25, 0.3) is 0 Å². The molecule has 0 aliphatic carbocycles. The van der Waals surface area contributed by atoms with Gasteiger partial charge >= 0.3 is 6.03 Å². The van der Waals surface area contributed by atoms with E-state index in [1.54, 1.807) is 0 Å². The number of benzene rings is 1. The van der Waals surface area contributed by atoms with Crippen molar-refractivity contribution in [2.75, 3.05) is 26.2 Å². The molecule has 110 valence electrons. The van der Waals surface area contributed by atoms with Gasteiger partial charge in [-0.3, -0.25) is 0 Å². The van der Waals surface area contributed by atoms with Gasteiger partial charge < -0.3 is 15.0 Å². The van der Waals surface area contributed by atoms with Crippen LogP contribution in [0.3, 0.4) is 0 Å². The lowest BCUT2D eigenvalue weighted by atomic mass is 9.99. The van der Waals surface area contributed by atoms with E-state index in [1.807, 2.05) is 35.2 Å². The van der Waals surface area contributed by atoms with Crippen LogP contribution < -0.4 is 10.1 Å². The molecule has 1 atom stereocenters. The molecular formula is C16H24N2O2. The van der Waals surface area contributed by atoms with Gasteiger partial charge in [-0.2, -0.15) is 0 Å². The first-order valence-electron chi connectivity index (χ1n) is 7.50. The van der Waals surface area contributed by atoms with Gasteiger partial charge in [0, 0.05) is 25.6 Å². The molecule has 0 spiro atoms. The summed E-state index contributed by atoms with van der Waals surface area (Å²) < 4.78 is 5.80. The molecule has 1 saturated heterocycles. The molecule has 1 aromatic carbocycles. The molecule has 2 amide bonds. The first kappa shape index (κ1) is 14.7. The second-order valence-electron chi connectivity index (χ2n) is 5.31. The van der Waals surface area contributed by atoms with Gasteiger partial charge in [-0.1, -0.05) is 25.1 Å². The number of ether oxygens (including phenoxy) is 1. The number of likely N-dealkylation sites (tertiary alicyclic amines) is 1. The topological polar surface area (TPSA) is 41.6 Å². The highest BCUT2D eigenvalue weighted by atomic mass is 16.5. The number of para-hydroxylation sites is 1. The minimum Gasteiger partial charge on any atom is -0.493 e. The van der Waals surface area contributed by atoms with Gasteiger partial charge in [-0.15, -0.1) is 0 Å². The molecule has 0 saturated carbocycles. The van der Waals surface area contributed by atoms with Crippen molar-refractivity contribution < 1.29 is 9.53 Å². The highest BCUT2D eigenvalue weighted by molar-refractivity contribution is 5.74. The molecule has 0 aromatic heterocycles. The molecule has 1 aromatic rings. The van der Waals surface area contributed by atoms with Crippen LogP contribution in [0.4, 0.5) is 4.79 Å². The number of amides is 2. The minimum absolute atomic E-state index is 0.0660. The number of hydrogen-bond donors (Lipinski definition) is 1. The molecule has 4 nitrogen and oxygen atoms in total. The molecule has 1 unspecified atom stereocenters. The zero-order valence-electron chi connectivity index (χ0n) is 12.2. The maximum absolute atomic E-state index is 12.0. The van der Waals surface area contributed by atoms with Crippen molar-refractivity contribution in [1.82, 2.24) is 10.2 Å². The number of piperidine rings is 1. The Labute approximate surface area is 121 Å². The van der Waals surface area contributed by atoms with Crippen LogP contribution in [0.5, 0.6) is 5.75 Å². The lowest BCUT2D eigenvalue weighted by molar-refractivity contribution is 0.137. The maximum Gasteiger partial charge on any atom is 0.317 e. The Hall–Kier alpha value is -1.71. The Morgan fingerprint density at radius 2 is 2.20 bits per heavy atom. The Morgan fingerprint density at radius 3 is 2.95 bits per heavy atom. The van der Waals surface area contributed by atoms with Gasteiger partial charge in [0.05, 0.1) is 6.61 Å². The summed E-state index contributed by atoms with van der Waals surface area (Å²) in [6.07, 6.45) is 3.16. The van der Waals surface area contributed by atoms with Gasteiger partial charge in [-0.05, 0) is 31.4 Å². The Bertz CT molecular complexity index is 408. The summed E-state index contributed by atoms with van der Waals surface area (Å²) in [7, 11) is 0. The Kier molecular flexibility index (Phi) is 5.71. The van der Waals surface area contributed by atoms with E-state index in [1.165, 1.54) is 0 Å². The van der Waals surface area contributed by atoms with E-state index in [0.29, 0.717) is 12.5 Å². The zero-order valence-corrected chi connectivity index (χ0v) is 12.2. The number of hydrogen-bond acceptors (Lipinski definition) is 2. The SMILES string of the molecule is CCCNC(=O)N1CCCC(COc2ccccc2)C1. The molecule has 0 radical (unpaired) electrons. The van der Waals surface area contributed by atoms with Crippen molar-refractivity contribution in [3.8, 4) is 5.75 Å². The molecule has 1 aliphatic rings. The lowest BCUT2D eigenvalue weighted by Gasteiger charge is -2.32. The van der Waals surface area contributed by atoms with Crippen molar-refractivity contribution in [2.24, 2.45) is 5.92 Å². The van der Waals surface area contributed by atoms with Crippen molar-refractivity contribution in [1.29, 1.82) is 0 Å². The van der Waals surface area contributed by atoms with Crippen LogP contribution in [-0.4, -0.2) is 37.2 Å². The molecule has 1 aliphatic heterocycles. The molecule has 1 fully saturated rings. The summed E-state index contributed by atoms with van der Waals surface area (Å²) in [6, 6.07) is 9.92. The van der Waals surface area contributed by atoms with Crippen LogP contribution in [-0.2, 0) is 0 Å². The number of carbonyl (C=O) groups excluding carboxylic acids is 1. The number of rotatable bonds is 5. The second kappa shape index (κ2) is 7.78. The average Bonchev–Trinajstić information content (AvgIpc) is 2.52. The van der Waals surface area contributed by atoms with Gasteiger partial charge in [0.15, 0.2) is 0 Å². The van der Waals surface area contributed by atoms with Crippen LogP contribution in [0.2, 0.25) is 0 Å². The van der Waals surface area contributed by atoms with Crippen LogP contribution in [0.15, 0.2) is 30.3 Å². The minimum atomic E-state index is 0.0660. The van der Waals surface area contributed by atoms with E-state index in [2.05, 4.69) is 12.2 Å². The van der Waals surface area contributed by atoms with E-state index < -0.39 is 0 Å². The zero-order chi connectivity index (χ0) is 14.2. The number of nitrogens with one attached hydrogen (secondary N) is 1. The highest BCUT2D eigenvalue weighted by Crippen LogP contribution is 2.18. The second-order valence-corrected chi connectivity index (χ2v) is 5.31. The van der Waals surface area contributed by atoms with E-state index in [9.17, 15) is 4.79 Å². The van der Waals surface area contributed by atoms with Gasteiger partial charge in [0.2, 0.25) is 0 Å². The van der Waals surface area contributed by atoms with Crippen molar-refractivity contribution >= 4 is 6.03 Å². The number of urea groups is 1. The van der Waals surface area contributed by atoms with Crippen LogP contribution in [0, 0.1) is 5.92 Å². The molecule has 20 heavy (non-hydrogen) atoms. The van der Waals surface area contributed by atoms with Crippen molar-refractivity contribution in [2.45, 2.75) is 26.2 Å². The van der Waals surface area contributed by atoms with Gasteiger partial charge in [0.1, 0.15) is 5.75 Å². The third-order valence-corrected chi connectivity index (χ3v) is 3.56. The predicted molar refractivity (Wildman–Crippen MR) is 79.9 cm³/mol. The summed E-state index contributed by atoms with van der Waals surface area (Å²) in [5.41, 5.74) is 0. The summed E-state index contributed by atoms with van der Waals surface area (Å²) in [5, 5.41) is 2.94. The van der Waals surface area contributed by atoms with Crippen LogP contribution in [0.1, 0.15) is 26.2 Å². The summed E-state index contributed by atoms with van der Waals surface area (Å²) in [6.45, 7) is 5.15. The smallest absolute Gasteiger partial charge is 0.317 e. The molecule has 1 heterocycles. The fraction of sp³-hybridized carbons (Fsp3) is 0.562. The fourth-order valence-electron chi connectivity index (χ4n) is 2.46. The lowest BCUT2D eigenvalue weighted by Crippen LogP contribution is -2.46. The summed E-state index contributed by atoms with van der Waals surface area (Å²) in [5.74, 6) is 1.33.